The van der Waals surface area contributed by atoms with Crippen molar-refractivity contribution in [2.24, 2.45) is 0 Å². The maximum atomic E-state index is 15.2. The van der Waals surface area contributed by atoms with Crippen LogP contribution in [0, 0.1) is 19.7 Å². The van der Waals surface area contributed by atoms with Crippen molar-refractivity contribution in [3.8, 4) is 17.2 Å². The number of anilines is 1. The lowest BCUT2D eigenvalue weighted by Crippen LogP contribution is -2.48. The lowest BCUT2D eigenvalue weighted by atomic mass is 10.1. The Bertz CT molecular complexity index is 1420. The highest BCUT2D eigenvalue weighted by Crippen LogP contribution is 2.35. The van der Waals surface area contributed by atoms with Crippen molar-refractivity contribution in [3.05, 3.63) is 51.7 Å². The summed E-state index contributed by atoms with van der Waals surface area (Å²) in [7, 11) is 0. The van der Waals surface area contributed by atoms with Gasteiger partial charge in [0.15, 0.2) is 29.1 Å². The van der Waals surface area contributed by atoms with Crippen molar-refractivity contribution >= 4 is 11.5 Å². The van der Waals surface area contributed by atoms with E-state index in [0.717, 1.165) is 4.52 Å². The minimum absolute atomic E-state index is 0.00306. The maximum absolute atomic E-state index is 15.2. The molecule has 0 spiro atoms. The molecule has 0 saturated carbocycles. The zero-order valence-corrected chi connectivity index (χ0v) is 17.3. The van der Waals surface area contributed by atoms with Gasteiger partial charge in [-0.1, -0.05) is 0 Å². The molecule has 1 saturated heterocycles. The summed E-state index contributed by atoms with van der Waals surface area (Å²) in [4.78, 5) is 18.0. The molecule has 8 nitrogen and oxygen atoms in total. The normalized spacial score (nSPS) is 25.4. The standard InChI is InChI=1S/C22H22F2N4O4/c1-12-9-19-25-13(2)20(24)22(29)28(19)26-21(12)27-6-5-16(15(23)11-27)32-14-3-4-17-18(10-14)31-8-7-30-17/h3-4,9-10,15-16H,5-8,11H2,1-2H3/t15-,16-/m0/s1/i7D2,8D2. The van der Waals surface area contributed by atoms with Crippen LogP contribution in [0.15, 0.2) is 29.1 Å². The molecule has 0 radical (unpaired) electrons. The molecule has 2 aromatic heterocycles. The fraction of sp³-hybridized carbons (Fsp3) is 0.409. The number of aryl methyl sites for hydroxylation is 2. The van der Waals surface area contributed by atoms with Gasteiger partial charge in [-0.25, -0.2) is 9.37 Å². The molecular formula is C22H22F2N4O4. The zero-order chi connectivity index (χ0) is 26.0. The first-order valence-corrected chi connectivity index (χ1v) is 10.0. The predicted octanol–water partition coefficient (Wildman–Crippen LogP) is 2.61. The van der Waals surface area contributed by atoms with Gasteiger partial charge in [-0.15, -0.1) is 5.10 Å². The minimum atomic E-state index is -2.73. The molecule has 1 aromatic carbocycles. The highest BCUT2D eigenvalue weighted by Gasteiger charge is 2.33. The number of ether oxygens (including phenoxy) is 3. The molecule has 3 aromatic rings. The van der Waals surface area contributed by atoms with E-state index in [2.05, 4.69) is 10.1 Å². The van der Waals surface area contributed by atoms with Gasteiger partial charge in [-0.3, -0.25) is 4.79 Å². The van der Waals surface area contributed by atoms with Crippen molar-refractivity contribution < 1.29 is 28.5 Å². The molecule has 2 atom stereocenters. The van der Waals surface area contributed by atoms with Crippen molar-refractivity contribution in [1.82, 2.24) is 14.6 Å². The Morgan fingerprint density at radius 1 is 1.22 bits per heavy atom. The number of piperidine rings is 1. The molecule has 0 aliphatic carbocycles. The van der Waals surface area contributed by atoms with Crippen LogP contribution in [0.3, 0.4) is 0 Å². The number of alkyl halides is 1. The van der Waals surface area contributed by atoms with Crippen LogP contribution in [0.5, 0.6) is 17.2 Å². The van der Waals surface area contributed by atoms with Crippen molar-refractivity contribution in [1.29, 1.82) is 0 Å². The number of rotatable bonds is 3. The van der Waals surface area contributed by atoms with Gasteiger partial charge in [0.25, 0.3) is 0 Å². The second-order valence-electron chi connectivity index (χ2n) is 7.66. The van der Waals surface area contributed by atoms with E-state index >= 15 is 4.39 Å². The maximum Gasteiger partial charge on any atom is 0.310 e. The largest absolute Gasteiger partial charge is 0.487 e. The van der Waals surface area contributed by atoms with Gasteiger partial charge in [0.05, 0.1) is 17.7 Å². The Kier molecular flexibility index (Phi) is 4.02. The van der Waals surface area contributed by atoms with Crippen molar-refractivity contribution in [2.75, 3.05) is 31.1 Å². The van der Waals surface area contributed by atoms with Crippen LogP contribution in [0.4, 0.5) is 14.6 Å². The molecule has 168 valence electrons. The SMILES string of the molecule is [2H]C1([2H])Oc2ccc(O[C@H]3CCN(c4nn5c(=O)c(F)c(C)nc5cc4C)C[C@@H]3F)cc2OC1([2H])[2H]. The predicted molar refractivity (Wildman–Crippen MR) is 112 cm³/mol. The van der Waals surface area contributed by atoms with Crippen LogP contribution in [-0.4, -0.2) is 53.1 Å². The van der Waals surface area contributed by atoms with E-state index in [0.29, 0.717) is 17.9 Å². The summed E-state index contributed by atoms with van der Waals surface area (Å²) in [6.07, 6.45) is -2.03. The summed E-state index contributed by atoms with van der Waals surface area (Å²) >= 11 is 0. The van der Waals surface area contributed by atoms with E-state index in [1.165, 1.54) is 25.1 Å². The van der Waals surface area contributed by atoms with Crippen LogP contribution >= 0.6 is 0 Å². The van der Waals surface area contributed by atoms with Crippen LogP contribution in [0.1, 0.15) is 23.2 Å². The Morgan fingerprint density at radius 2 is 2.00 bits per heavy atom. The fourth-order valence-corrected chi connectivity index (χ4v) is 3.82. The highest BCUT2D eigenvalue weighted by atomic mass is 19.1. The van der Waals surface area contributed by atoms with E-state index < -0.39 is 36.8 Å². The van der Waals surface area contributed by atoms with E-state index in [1.54, 1.807) is 17.9 Å². The summed E-state index contributed by atoms with van der Waals surface area (Å²) < 4.78 is 76.8. The lowest BCUT2D eigenvalue weighted by molar-refractivity contribution is 0.0809. The van der Waals surface area contributed by atoms with Crippen molar-refractivity contribution in [3.63, 3.8) is 0 Å². The third-order valence-corrected chi connectivity index (χ3v) is 5.44. The van der Waals surface area contributed by atoms with E-state index in [-0.39, 0.29) is 41.6 Å². The van der Waals surface area contributed by atoms with Gasteiger partial charge in [0, 0.05) is 19.0 Å². The quantitative estimate of drug-likeness (QED) is 0.610. The Morgan fingerprint density at radius 3 is 2.78 bits per heavy atom. The Balaban J connectivity index is 1.33. The first-order chi connectivity index (χ1) is 16.9. The monoisotopic (exact) mass is 448 g/mol. The summed E-state index contributed by atoms with van der Waals surface area (Å²) in [6.45, 7) is -2.01. The third kappa shape index (κ3) is 3.59. The molecule has 10 heteroatoms. The Labute approximate surface area is 188 Å². The second kappa shape index (κ2) is 7.92. The van der Waals surface area contributed by atoms with Gasteiger partial charge < -0.3 is 19.1 Å². The van der Waals surface area contributed by atoms with Gasteiger partial charge in [0.1, 0.15) is 25.0 Å². The third-order valence-electron chi connectivity index (χ3n) is 5.44. The lowest BCUT2D eigenvalue weighted by Gasteiger charge is -2.36. The average molecular weight is 448 g/mol. The molecule has 2 aliphatic heterocycles. The Hall–Kier alpha value is -3.43. The topological polar surface area (TPSA) is 78.2 Å². The molecule has 5 rings (SSSR count). The van der Waals surface area contributed by atoms with Gasteiger partial charge in [0.2, 0.25) is 5.82 Å². The molecule has 0 bridgehead atoms. The van der Waals surface area contributed by atoms with Crippen LogP contribution in [-0.2, 0) is 0 Å². The number of hydrogen-bond acceptors (Lipinski definition) is 7. The minimum Gasteiger partial charge on any atom is -0.487 e. The molecule has 32 heavy (non-hydrogen) atoms. The van der Waals surface area contributed by atoms with Crippen LogP contribution in [0.2, 0.25) is 0 Å². The number of nitrogens with zero attached hydrogens (tertiary/aromatic N) is 4. The number of aromatic nitrogens is 3. The summed E-state index contributed by atoms with van der Waals surface area (Å²) in [5.74, 6) is -0.498. The van der Waals surface area contributed by atoms with Gasteiger partial charge in [-0.05, 0) is 37.6 Å². The first kappa shape index (κ1) is 16.2. The molecule has 2 aliphatic rings. The number of hydrogen-bond donors (Lipinski definition) is 0. The summed E-state index contributed by atoms with van der Waals surface area (Å²) in [5.41, 5.74) is -0.0961. The summed E-state index contributed by atoms with van der Waals surface area (Å²) in [5, 5.41) is 4.24. The number of halogens is 2. The number of fused-ring (bicyclic) bond motifs is 2. The van der Waals surface area contributed by atoms with Crippen LogP contribution in [0.25, 0.3) is 5.65 Å². The molecule has 4 heterocycles. The van der Waals surface area contributed by atoms with E-state index in [4.69, 9.17) is 19.7 Å². The molecular weight excluding hydrogens is 422 g/mol. The van der Waals surface area contributed by atoms with Gasteiger partial charge >= 0.3 is 5.56 Å². The van der Waals surface area contributed by atoms with Crippen LogP contribution < -0.4 is 24.7 Å². The fourth-order valence-electron chi connectivity index (χ4n) is 3.82. The van der Waals surface area contributed by atoms with Crippen molar-refractivity contribution in [2.45, 2.75) is 32.5 Å². The van der Waals surface area contributed by atoms with Gasteiger partial charge in [-0.2, -0.15) is 8.91 Å². The van der Waals surface area contributed by atoms with E-state index in [1.807, 2.05) is 0 Å². The second-order valence-corrected chi connectivity index (χ2v) is 7.66. The number of benzene rings is 1. The van der Waals surface area contributed by atoms with E-state index in [9.17, 15) is 9.18 Å². The first-order valence-electron chi connectivity index (χ1n) is 12.0. The molecule has 1 fully saturated rings. The molecule has 0 N–H and O–H groups in total. The highest BCUT2D eigenvalue weighted by molar-refractivity contribution is 5.53. The smallest absolute Gasteiger partial charge is 0.310 e. The zero-order valence-electron chi connectivity index (χ0n) is 21.3. The molecule has 0 unspecified atom stereocenters. The molecule has 0 amide bonds. The average Bonchev–Trinajstić information content (AvgIpc) is 2.79. The summed E-state index contributed by atoms with van der Waals surface area (Å²) in [6, 6.07) is 5.76.